The number of carbonyl (C=O) groups excluding carboxylic acids is 1. The van der Waals surface area contributed by atoms with Crippen LogP contribution in [0.2, 0.25) is 0 Å². The summed E-state index contributed by atoms with van der Waals surface area (Å²) >= 11 is 0. The normalized spacial score (nSPS) is 32.4. The maximum absolute atomic E-state index is 12.1. The molecule has 17 heavy (non-hydrogen) atoms. The maximum Gasteiger partial charge on any atom is 0.319 e. The van der Waals surface area contributed by atoms with Crippen LogP contribution in [-0.2, 0) is 9.47 Å². The zero-order valence-corrected chi connectivity index (χ0v) is 10.9. The summed E-state index contributed by atoms with van der Waals surface area (Å²) in [5.74, 6) is 0. The van der Waals surface area contributed by atoms with E-state index >= 15 is 0 Å². The molecule has 3 atom stereocenters. The van der Waals surface area contributed by atoms with Gasteiger partial charge in [0, 0.05) is 27.2 Å². The number of rotatable bonds is 2. The second kappa shape index (κ2) is 5.23. The van der Waals surface area contributed by atoms with Gasteiger partial charge in [-0.2, -0.15) is 0 Å². The van der Waals surface area contributed by atoms with Crippen molar-refractivity contribution in [1.29, 1.82) is 0 Å². The van der Waals surface area contributed by atoms with E-state index < -0.39 is 0 Å². The number of nitrogens with zero attached hydrogens (tertiary/aromatic N) is 2. The molecular formula is C12H22N2O3. The Morgan fingerprint density at radius 1 is 1.47 bits per heavy atom. The van der Waals surface area contributed by atoms with Crippen molar-refractivity contribution in [3.05, 3.63) is 0 Å². The second-order valence-electron chi connectivity index (χ2n) is 4.84. The smallest absolute Gasteiger partial charge is 0.319 e. The van der Waals surface area contributed by atoms with Gasteiger partial charge in [-0.3, -0.25) is 0 Å². The van der Waals surface area contributed by atoms with E-state index in [4.69, 9.17) is 9.47 Å². The molecule has 2 amide bonds. The Balaban J connectivity index is 2.14. The molecule has 0 unspecified atom stereocenters. The number of urea groups is 1. The molecule has 0 aromatic carbocycles. The average molecular weight is 242 g/mol. The van der Waals surface area contributed by atoms with Crippen molar-refractivity contribution in [2.45, 2.75) is 38.0 Å². The number of ether oxygens (including phenoxy) is 2. The molecule has 1 saturated carbocycles. The van der Waals surface area contributed by atoms with E-state index in [1.54, 1.807) is 19.0 Å². The molecule has 0 spiro atoms. The van der Waals surface area contributed by atoms with Crippen LogP contribution < -0.4 is 0 Å². The van der Waals surface area contributed by atoms with Crippen LogP contribution in [0, 0.1) is 0 Å². The van der Waals surface area contributed by atoms with Crippen molar-refractivity contribution in [2.75, 3.05) is 33.9 Å². The Morgan fingerprint density at radius 2 is 2.24 bits per heavy atom. The lowest BCUT2D eigenvalue weighted by atomic mass is 10.1. The monoisotopic (exact) mass is 242 g/mol. The van der Waals surface area contributed by atoms with Crippen molar-refractivity contribution < 1.29 is 14.3 Å². The highest BCUT2D eigenvalue weighted by molar-refractivity contribution is 5.74. The molecule has 0 aromatic rings. The molecule has 2 bridgehead atoms. The Hall–Kier alpha value is -0.810. The van der Waals surface area contributed by atoms with E-state index in [9.17, 15) is 4.79 Å². The first kappa shape index (κ1) is 12.6. The standard InChI is InChI=1S/C12H22N2O3/c1-4-16-11-9-5-6-10(11)17-8-7-14(9)12(15)13(2)3/h9-11H,4-8H2,1-3H3/t9-,10-,11-/m1/s1. The molecule has 2 aliphatic rings. The van der Waals surface area contributed by atoms with Crippen molar-refractivity contribution in [2.24, 2.45) is 0 Å². The third-order valence-corrected chi connectivity index (χ3v) is 3.54. The third-order valence-electron chi connectivity index (χ3n) is 3.54. The first-order valence-electron chi connectivity index (χ1n) is 6.36. The van der Waals surface area contributed by atoms with Crippen molar-refractivity contribution in [3.8, 4) is 0 Å². The maximum atomic E-state index is 12.1. The predicted octanol–water partition coefficient (Wildman–Crippen LogP) is 0.936. The minimum Gasteiger partial charge on any atom is -0.374 e. The van der Waals surface area contributed by atoms with E-state index in [1.807, 2.05) is 11.8 Å². The Kier molecular flexibility index (Phi) is 3.89. The molecule has 0 N–H and O–H groups in total. The van der Waals surface area contributed by atoms with Gasteiger partial charge >= 0.3 is 6.03 Å². The molecular weight excluding hydrogens is 220 g/mol. The molecule has 98 valence electrons. The van der Waals surface area contributed by atoms with Gasteiger partial charge < -0.3 is 19.3 Å². The number of hydrogen-bond donors (Lipinski definition) is 0. The van der Waals surface area contributed by atoms with E-state index in [0.717, 1.165) is 12.8 Å². The molecule has 2 rings (SSSR count). The minimum absolute atomic E-state index is 0.0476. The average Bonchev–Trinajstić information content (AvgIpc) is 2.55. The first-order chi connectivity index (χ1) is 8.15. The molecule has 5 heteroatoms. The lowest BCUT2D eigenvalue weighted by Crippen LogP contribution is -2.50. The van der Waals surface area contributed by atoms with E-state index in [1.165, 1.54) is 0 Å². The van der Waals surface area contributed by atoms with Crippen molar-refractivity contribution >= 4 is 6.03 Å². The highest BCUT2D eigenvalue weighted by Crippen LogP contribution is 2.32. The summed E-state index contributed by atoms with van der Waals surface area (Å²) < 4.78 is 11.6. The first-order valence-corrected chi connectivity index (χ1v) is 6.36. The quantitative estimate of drug-likeness (QED) is 0.723. The van der Waals surface area contributed by atoms with Gasteiger partial charge in [0.1, 0.15) is 6.10 Å². The van der Waals surface area contributed by atoms with Crippen molar-refractivity contribution in [3.63, 3.8) is 0 Å². The van der Waals surface area contributed by atoms with Crippen LogP contribution in [0.5, 0.6) is 0 Å². The van der Waals surface area contributed by atoms with Gasteiger partial charge in [-0.1, -0.05) is 0 Å². The lowest BCUT2D eigenvalue weighted by Gasteiger charge is -2.33. The van der Waals surface area contributed by atoms with Crippen LogP contribution in [0.25, 0.3) is 0 Å². The van der Waals surface area contributed by atoms with Gasteiger partial charge in [0.05, 0.1) is 18.8 Å². The molecule has 1 saturated heterocycles. The second-order valence-corrected chi connectivity index (χ2v) is 4.84. The third kappa shape index (κ3) is 2.40. The molecule has 1 aliphatic heterocycles. The molecule has 2 fully saturated rings. The van der Waals surface area contributed by atoms with Crippen LogP contribution in [0.3, 0.4) is 0 Å². The fraction of sp³-hybridized carbons (Fsp3) is 0.917. The fourth-order valence-corrected chi connectivity index (χ4v) is 2.80. The van der Waals surface area contributed by atoms with E-state index in [2.05, 4.69) is 0 Å². The summed E-state index contributed by atoms with van der Waals surface area (Å²) in [5.41, 5.74) is 0. The van der Waals surface area contributed by atoms with Crippen LogP contribution >= 0.6 is 0 Å². The lowest BCUT2D eigenvalue weighted by molar-refractivity contribution is -0.0482. The summed E-state index contributed by atoms with van der Waals surface area (Å²) in [6.07, 6.45) is 2.19. The van der Waals surface area contributed by atoms with Gasteiger partial charge in [-0.15, -0.1) is 0 Å². The summed E-state index contributed by atoms with van der Waals surface area (Å²) in [6.45, 7) is 3.94. The molecule has 1 heterocycles. The van der Waals surface area contributed by atoms with Gasteiger partial charge in [0.2, 0.25) is 0 Å². The molecule has 0 aromatic heterocycles. The Labute approximate surface area is 103 Å². The zero-order chi connectivity index (χ0) is 12.4. The Morgan fingerprint density at radius 3 is 2.88 bits per heavy atom. The van der Waals surface area contributed by atoms with Crippen LogP contribution in [0.4, 0.5) is 4.79 Å². The van der Waals surface area contributed by atoms with Crippen molar-refractivity contribution in [1.82, 2.24) is 9.80 Å². The van der Waals surface area contributed by atoms with Gasteiger partial charge in [-0.05, 0) is 19.8 Å². The molecule has 5 nitrogen and oxygen atoms in total. The summed E-state index contributed by atoms with van der Waals surface area (Å²) in [6, 6.07) is 0.239. The van der Waals surface area contributed by atoms with Gasteiger partial charge in [0.25, 0.3) is 0 Å². The number of fused-ring (bicyclic) bond motifs is 2. The number of hydrogen-bond acceptors (Lipinski definition) is 3. The van der Waals surface area contributed by atoms with Crippen LogP contribution in [-0.4, -0.2) is 67.9 Å². The molecule has 1 aliphatic carbocycles. The van der Waals surface area contributed by atoms with E-state index in [0.29, 0.717) is 19.8 Å². The van der Waals surface area contributed by atoms with Gasteiger partial charge in [0.15, 0.2) is 0 Å². The van der Waals surface area contributed by atoms with Crippen LogP contribution in [0.15, 0.2) is 0 Å². The predicted molar refractivity (Wildman–Crippen MR) is 64.0 cm³/mol. The Bertz CT molecular complexity index is 283. The minimum atomic E-state index is 0.0476. The highest BCUT2D eigenvalue weighted by Gasteiger charge is 2.44. The summed E-state index contributed by atoms with van der Waals surface area (Å²) in [5, 5.41) is 0. The highest BCUT2D eigenvalue weighted by atomic mass is 16.5. The van der Waals surface area contributed by atoms with Crippen LogP contribution in [0.1, 0.15) is 19.8 Å². The summed E-state index contributed by atoms with van der Waals surface area (Å²) in [4.78, 5) is 15.7. The fourth-order valence-electron chi connectivity index (χ4n) is 2.80. The molecule has 0 radical (unpaired) electrons. The SMILES string of the molecule is CCO[C@@H]1[C@H]2CC[C@H]1OCCN2C(=O)N(C)C. The summed E-state index contributed by atoms with van der Waals surface area (Å²) in [7, 11) is 3.58. The number of amides is 2. The van der Waals surface area contributed by atoms with E-state index in [-0.39, 0.29) is 24.3 Å². The number of carbonyl (C=O) groups is 1. The largest absolute Gasteiger partial charge is 0.374 e. The zero-order valence-electron chi connectivity index (χ0n) is 10.9. The topological polar surface area (TPSA) is 42.0 Å². The van der Waals surface area contributed by atoms with Gasteiger partial charge in [-0.25, -0.2) is 4.79 Å².